The van der Waals surface area contributed by atoms with Gasteiger partial charge in [0.2, 0.25) is 0 Å². The molecule has 7 heteroatoms. The van der Waals surface area contributed by atoms with Gasteiger partial charge in [-0.3, -0.25) is 4.90 Å². The molecule has 2 heterocycles. The summed E-state index contributed by atoms with van der Waals surface area (Å²) in [7, 11) is 1.78. The van der Waals surface area contributed by atoms with E-state index in [4.69, 9.17) is 9.26 Å². The Bertz CT molecular complexity index is 477. The van der Waals surface area contributed by atoms with E-state index in [9.17, 15) is 4.79 Å². The van der Waals surface area contributed by atoms with Crippen LogP contribution >= 0.6 is 0 Å². The Morgan fingerprint density at radius 3 is 2.68 bits per heavy atom. The Hall–Kier alpha value is -1.60. The summed E-state index contributed by atoms with van der Waals surface area (Å²) in [5.74, 6) is 0.763. The highest BCUT2D eigenvalue weighted by atomic mass is 16.5. The highest BCUT2D eigenvalue weighted by Gasteiger charge is 2.19. The molecule has 0 bridgehead atoms. The Labute approximate surface area is 131 Å². The second-order valence-corrected chi connectivity index (χ2v) is 5.92. The maximum atomic E-state index is 12.3. The molecule has 0 aromatic carbocycles. The minimum Gasteiger partial charge on any atom is -0.379 e. The van der Waals surface area contributed by atoms with Gasteiger partial charge in [-0.05, 0) is 20.8 Å². The SMILES string of the molecule is Cc1noc(C)c1CN(C)C(=O)N[C@@H](C)CN1CCOCC1. The molecule has 0 aliphatic carbocycles. The lowest BCUT2D eigenvalue weighted by atomic mass is 10.2. The van der Waals surface area contributed by atoms with Crippen molar-refractivity contribution in [1.82, 2.24) is 20.3 Å². The highest BCUT2D eigenvalue weighted by molar-refractivity contribution is 5.74. The molecule has 124 valence electrons. The highest BCUT2D eigenvalue weighted by Crippen LogP contribution is 2.14. The summed E-state index contributed by atoms with van der Waals surface area (Å²) in [6, 6.07) is 0.0125. The monoisotopic (exact) mass is 310 g/mol. The molecule has 1 N–H and O–H groups in total. The van der Waals surface area contributed by atoms with E-state index in [0.717, 1.165) is 49.9 Å². The average molecular weight is 310 g/mol. The molecule has 1 aromatic rings. The number of hydrogen-bond acceptors (Lipinski definition) is 5. The normalized spacial score (nSPS) is 17.3. The first-order valence-corrected chi connectivity index (χ1v) is 7.71. The Morgan fingerprint density at radius 2 is 2.09 bits per heavy atom. The number of nitrogens with zero attached hydrogens (tertiary/aromatic N) is 3. The van der Waals surface area contributed by atoms with Crippen molar-refractivity contribution in [1.29, 1.82) is 0 Å². The van der Waals surface area contributed by atoms with E-state index in [1.807, 2.05) is 20.8 Å². The van der Waals surface area contributed by atoms with E-state index >= 15 is 0 Å². The molecule has 1 aliphatic rings. The number of amides is 2. The number of urea groups is 1. The third kappa shape index (κ3) is 4.45. The average Bonchev–Trinajstić information content (AvgIpc) is 2.80. The van der Waals surface area contributed by atoms with Gasteiger partial charge in [-0.2, -0.15) is 0 Å². The predicted molar refractivity (Wildman–Crippen MR) is 82.7 cm³/mol. The number of aromatic nitrogens is 1. The summed E-state index contributed by atoms with van der Waals surface area (Å²) >= 11 is 0. The van der Waals surface area contributed by atoms with Crippen molar-refractivity contribution < 1.29 is 14.1 Å². The van der Waals surface area contributed by atoms with Crippen molar-refractivity contribution in [3.05, 3.63) is 17.0 Å². The van der Waals surface area contributed by atoms with E-state index in [0.29, 0.717) is 6.54 Å². The van der Waals surface area contributed by atoms with Crippen LogP contribution in [0.1, 0.15) is 23.9 Å². The molecule has 2 rings (SSSR count). The maximum Gasteiger partial charge on any atom is 0.317 e. The van der Waals surface area contributed by atoms with Gasteiger partial charge >= 0.3 is 6.03 Å². The molecule has 1 aromatic heterocycles. The van der Waals surface area contributed by atoms with Crippen LogP contribution in [0.3, 0.4) is 0 Å². The number of nitrogens with one attached hydrogen (secondary N) is 1. The van der Waals surface area contributed by atoms with Crippen LogP contribution in [-0.2, 0) is 11.3 Å². The molecule has 2 amide bonds. The number of morpholine rings is 1. The van der Waals surface area contributed by atoms with Crippen LogP contribution in [0.2, 0.25) is 0 Å². The van der Waals surface area contributed by atoms with Gasteiger partial charge in [0.15, 0.2) is 0 Å². The second-order valence-electron chi connectivity index (χ2n) is 5.92. The Kier molecular flexibility index (Phi) is 5.79. The molecular weight excluding hydrogens is 284 g/mol. The lowest BCUT2D eigenvalue weighted by Gasteiger charge is -2.30. The topological polar surface area (TPSA) is 70.8 Å². The molecule has 22 heavy (non-hydrogen) atoms. The molecule has 1 aliphatic heterocycles. The van der Waals surface area contributed by atoms with Gasteiger partial charge in [0.25, 0.3) is 0 Å². The fourth-order valence-corrected chi connectivity index (χ4v) is 2.57. The number of hydrogen-bond donors (Lipinski definition) is 1. The van der Waals surface area contributed by atoms with Crippen molar-refractivity contribution in [3.8, 4) is 0 Å². The number of carbonyl (C=O) groups is 1. The third-order valence-electron chi connectivity index (χ3n) is 3.93. The number of ether oxygens (including phenoxy) is 1. The standard InChI is InChI=1S/C15H26N4O3/c1-11(9-19-5-7-21-8-6-19)16-15(20)18(4)10-14-12(2)17-22-13(14)3/h11H,5-10H2,1-4H3,(H,16,20)/t11-/m0/s1. The summed E-state index contributed by atoms with van der Waals surface area (Å²) in [6.07, 6.45) is 0. The predicted octanol–water partition coefficient (Wildman–Crippen LogP) is 1.15. The first-order chi connectivity index (χ1) is 10.5. The van der Waals surface area contributed by atoms with Gasteiger partial charge in [0, 0.05) is 38.3 Å². The smallest absolute Gasteiger partial charge is 0.317 e. The fourth-order valence-electron chi connectivity index (χ4n) is 2.57. The maximum absolute atomic E-state index is 12.3. The molecule has 1 atom stereocenters. The summed E-state index contributed by atoms with van der Waals surface area (Å²) < 4.78 is 10.5. The summed E-state index contributed by atoms with van der Waals surface area (Å²) in [5.41, 5.74) is 1.80. The minimum atomic E-state index is -0.0826. The van der Waals surface area contributed by atoms with Crippen LogP contribution in [0.25, 0.3) is 0 Å². The van der Waals surface area contributed by atoms with Gasteiger partial charge in [0.1, 0.15) is 5.76 Å². The third-order valence-corrected chi connectivity index (χ3v) is 3.93. The van der Waals surface area contributed by atoms with E-state index < -0.39 is 0 Å². The van der Waals surface area contributed by atoms with Gasteiger partial charge in [0.05, 0.1) is 25.5 Å². The number of aryl methyl sites for hydroxylation is 2. The first kappa shape index (κ1) is 16.8. The Morgan fingerprint density at radius 1 is 1.41 bits per heavy atom. The Balaban J connectivity index is 1.80. The van der Waals surface area contributed by atoms with E-state index in [1.165, 1.54) is 0 Å². The fraction of sp³-hybridized carbons (Fsp3) is 0.733. The van der Waals surface area contributed by atoms with Gasteiger partial charge in [-0.25, -0.2) is 4.79 Å². The molecule has 0 saturated carbocycles. The van der Waals surface area contributed by atoms with Gasteiger partial charge < -0.3 is 19.5 Å². The van der Waals surface area contributed by atoms with E-state index in [1.54, 1.807) is 11.9 Å². The molecule has 7 nitrogen and oxygen atoms in total. The second kappa shape index (κ2) is 7.60. The lowest BCUT2D eigenvalue weighted by Crippen LogP contribution is -2.48. The quantitative estimate of drug-likeness (QED) is 0.883. The van der Waals surface area contributed by atoms with Crippen LogP contribution in [0.4, 0.5) is 4.79 Å². The molecule has 1 fully saturated rings. The summed E-state index contributed by atoms with van der Waals surface area (Å²) in [5, 5.41) is 6.95. The van der Waals surface area contributed by atoms with Gasteiger partial charge in [-0.1, -0.05) is 5.16 Å². The first-order valence-electron chi connectivity index (χ1n) is 7.71. The lowest BCUT2D eigenvalue weighted by molar-refractivity contribution is 0.0347. The van der Waals surface area contributed by atoms with Crippen LogP contribution in [0.5, 0.6) is 0 Å². The zero-order chi connectivity index (χ0) is 16.1. The minimum absolute atomic E-state index is 0.0826. The van der Waals surface area contributed by atoms with E-state index in [2.05, 4.69) is 15.4 Å². The molecular formula is C15H26N4O3. The van der Waals surface area contributed by atoms with Crippen molar-refractivity contribution >= 4 is 6.03 Å². The summed E-state index contributed by atoms with van der Waals surface area (Å²) in [6.45, 7) is 10.5. The largest absolute Gasteiger partial charge is 0.379 e. The molecule has 0 spiro atoms. The molecule has 0 unspecified atom stereocenters. The zero-order valence-electron chi connectivity index (χ0n) is 13.9. The van der Waals surface area contributed by atoms with Crippen LogP contribution < -0.4 is 5.32 Å². The van der Waals surface area contributed by atoms with Crippen molar-refractivity contribution in [2.75, 3.05) is 39.9 Å². The summed E-state index contributed by atoms with van der Waals surface area (Å²) in [4.78, 5) is 16.2. The van der Waals surface area contributed by atoms with Crippen LogP contribution in [-0.4, -0.2) is 66.9 Å². The molecule has 0 radical (unpaired) electrons. The van der Waals surface area contributed by atoms with Crippen molar-refractivity contribution in [3.63, 3.8) is 0 Å². The van der Waals surface area contributed by atoms with Crippen LogP contribution in [0, 0.1) is 13.8 Å². The van der Waals surface area contributed by atoms with Crippen molar-refractivity contribution in [2.45, 2.75) is 33.4 Å². The van der Waals surface area contributed by atoms with Crippen molar-refractivity contribution in [2.24, 2.45) is 0 Å². The van der Waals surface area contributed by atoms with E-state index in [-0.39, 0.29) is 12.1 Å². The number of carbonyl (C=O) groups excluding carboxylic acids is 1. The van der Waals surface area contributed by atoms with Gasteiger partial charge in [-0.15, -0.1) is 0 Å². The van der Waals surface area contributed by atoms with Crippen LogP contribution in [0.15, 0.2) is 4.52 Å². The number of rotatable bonds is 5. The zero-order valence-corrected chi connectivity index (χ0v) is 13.9. The molecule has 1 saturated heterocycles.